The van der Waals surface area contributed by atoms with E-state index in [0.717, 1.165) is 37.8 Å². The molecule has 0 spiro atoms. The molecule has 0 amide bonds. The zero-order valence-corrected chi connectivity index (χ0v) is 11.2. The predicted molar refractivity (Wildman–Crippen MR) is 70.1 cm³/mol. The van der Waals surface area contributed by atoms with Gasteiger partial charge in [-0.2, -0.15) is 13.2 Å². The van der Waals surface area contributed by atoms with E-state index in [1.165, 1.54) is 6.07 Å². The lowest BCUT2D eigenvalue weighted by Crippen LogP contribution is -2.37. The largest absolute Gasteiger partial charge is 0.416 e. The second-order valence-corrected chi connectivity index (χ2v) is 5.49. The molecule has 0 radical (unpaired) electrons. The van der Waals surface area contributed by atoms with Crippen LogP contribution in [0.1, 0.15) is 36.8 Å². The highest BCUT2D eigenvalue weighted by molar-refractivity contribution is 5.87. The van der Waals surface area contributed by atoms with Gasteiger partial charge in [-0.25, -0.2) is 0 Å². The number of rotatable bonds is 4. The van der Waals surface area contributed by atoms with E-state index in [4.69, 9.17) is 5.73 Å². The number of hydrogen-bond acceptors (Lipinski definition) is 2. The predicted octanol–water partition coefficient (Wildman–Crippen LogP) is 3.34. The second kappa shape index (κ2) is 5.56. The van der Waals surface area contributed by atoms with Crippen molar-refractivity contribution >= 4 is 5.78 Å². The maximum Gasteiger partial charge on any atom is 0.416 e. The van der Waals surface area contributed by atoms with Crippen LogP contribution in [-0.4, -0.2) is 12.3 Å². The molecule has 0 heterocycles. The molecule has 1 saturated carbocycles. The summed E-state index contributed by atoms with van der Waals surface area (Å²) < 4.78 is 37.9. The summed E-state index contributed by atoms with van der Waals surface area (Å²) in [5.41, 5.74) is 4.90. The van der Waals surface area contributed by atoms with Crippen LogP contribution in [0.5, 0.6) is 0 Å². The number of alkyl halides is 3. The lowest BCUT2D eigenvalue weighted by Gasteiger charge is -2.25. The van der Waals surface area contributed by atoms with Gasteiger partial charge >= 0.3 is 6.18 Å². The van der Waals surface area contributed by atoms with Crippen molar-refractivity contribution in [3.8, 4) is 0 Å². The van der Waals surface area contributed by atoms with Gasteiger partial charge in [-0.1, -0.05) is 31.0 Å². The summed E-state index contributed by atoms with van der Waals surface area (Å²) in [7, 11) is 0. The number of nitrogens with two attached hydrogens (primary N) is 1. The molecule has 1 aromatic carbocycles. The van der Waals surface area contributed by atoms with Gasteiger partial charge in [0.15, 0.2) is 0 Å². The molecule has 0 unspecified atom stereocenters. The third-order valence-electron chi connectivity index (χ3n) is 4.16. The molecule has 1 aromatic rings. The Morgan fingerprint density at radius 2 is 1.90 bits per heavy atom. The highest BCUT2D eigenvalue weighted by atomic mass is 19.4. The summed E-state index contributed by atoms with van der Waals surface area (Å²) in [6, 6.07) is 4.97. The van der Waals surface area contributed by atoms with Crippen molar-refractivity contribution in [2.75, 3.05) is 6.54 Å². The first-order chi connectivity index (χ1) is 9.37. The maximum absolute atomic E-state index is 12.6. The number of halogens is 3. The molecular weight excluding hydrogens is 267 g/mol. The molecule has 2 nitrogen and oxygen atoms in total. The minimum atomic E-state index is -4.38. The van der Waals surface area contributed by atoms with E-state index in [1.807, 2.05) is 0 Å². The van der Waals surface area contributed by atoms with Crippen LogP contribution in [0.25, 0.3) is 0 Å². The van der Waals surface area contributed by atoms with Gasteiger partial charge < -0.3 is 5.73 Å². The van der Waals surface area contributed by atoms with Gasteiger partial charge in [0.25, 0.3) is 0 Å². The van der Waals surface area contributed by atoms with Gasteiger partial charge in [0.05, 0.1) is 5.56 Å². The van der Waals surface area contributed by atoms with E-state index in [9.17, 15) is 18.0 Å². The summed E-state index contributed by atoms with van der Waals surface area (Å²) in [6.45, 7) is 0.283. The number of Topliss-reactive ketones (excluding diaryl/α,β-unsaturated/α-hetero) is 1. The van der Waals surface area contributed by atoms with Crippen LogP contribution in [0.4, 0.5) is 13.2 Å². The normalized spacial score (nSPS) is 18.2. The van der Waals surface area contributed by atoms with Crippen molar-refractivity contribution in [1.82, 2.24) is 0 Å². The van der Waals surface area contributed by atoms with Crippen LogP contribution in [0.2, 0.25) is 0 Å². The standard InChI is InChI=1S/C15H18F3NO/c16-15(17,18)12-5-3-4-11(8-12)9-13(20)14(10-19)6-1-2-7-14/h3-5,8H,1-2,6-7,9-10,19H2. The Morgan fingerprint density at radius 1 is 1.25 bits per heavy atom. The zero-order valence-electron chi connectivity index (χ0n) is 11.2. The summed E-state index contributed by atoms with van der Waals surface area (Å²) in [5.74, 6) is -0.0307. The molecule has 1 fully saturated rings. The van der Waals surface area contributed by atoms with Gasteiger partial charge in [-0.05, 0) is 24.5 Å². The maximum atomic E-state index is 12.6. The monoisotopic (exact) mass is 285 g/mol. The molecule has 0 atom stereocenters. The van der Waals surface area contributed by atoms with Gasteiger partial charge in [0.1, 0.15) is 5.78 Å². The Hall–Kier alpha value is -1.36. The average Bonchev–Trinajstić information content (AvgIpc) is 2.88. The summed E-state index contributed by atoms with van der Waals surface area (Å²) >= 11 is 0. The Morgan fingerprint density at radius 3 is 2.45 bits per heavy atom. The van der Waals surface area contributed by atoms with Crippen molar-refractivity contribution in [2.24, 2.45) is 11.1 Å². The third-order valence-corrected chi connectivity index (χ3v) is 4.16. The molecule has 20 heavy (non-hydrogen) atoms. The van der Waals surface area contributed by atoms with Crippen molar-refractivity contribution in [3.05, 3.63) is 35.4 Å². The van der Waals surface area contributed by atoms with Crippen LogP contribution >= 0.6 is 0 Å². The molecule has 0 aliphatic heterocycles. The van der Waals surface area contributed by atoms with E-state index in [-0.39, 0.29) is 18.7 Å². The van der Waals surface area contributed by atoms with Crippen molar-refractivity contribution < 1.29 is 18.0 Å². The number of carbonyl (C=O) groups is 1. The van der Waals surface area contributed by atoms with Crippen LogP contribution in [0.15, 0.2) is 24.3 Å². The van der Waals surface area contributed by atoms with E-state index < -0.39 is 17.2 Å². The van der Waals surface area contributed by atoms with E-state index in [0.29, 0.717) is 5.56 Å². The smallest absolute Gasteiger partial charge is 0.329 e. The lowest BCUT2D eigenvalue weighted by atomic mass is 9.79. The minimum absolute atomic E-state index is 0.0289. The van der Waals surface area contributed by atoms with Gasteiger partial charge in [-0.15, -0.1) is 0 Å². The number of ketones is 1. The Kier molecular flexibility index (Phi) is 4.18. The SMILES string of the molecule is NCC1(C(=O)Cc2cccc(C(F)(F)F)c2)CCCC1. The van der Waals surface area contributed by atoms with Crippen LogP contribution in [0.3, 0.4) is 0 Å². The van der Waals surface area contributed by atoms with E-state index in [1.54, 1.807) is 6.07 Å². The zero-order chi connectivity index (χ0) is 14.8. The van der Waals surface area contributed by atoms with Gasteiger partial charge in [-0.3, -0.25) is 4.79 Å². The fraction of sp³-hybridized carbons (Fsp3) is 0.533. The molecule has 110 valence electrons. The highest BCUT2D eigenvalue weighted by Gasteiger charge is 2.39. The fourth-order valence-electron chi connectivity index (χ4n) is 2.88. The molecule has 2 rings (SSSR count). The Bertz CT molecular complexity index is 490. The summed E-state index contributed by atoms with van der Waals surface area (Å²) in [5, 5.41) is 0. The quantitative estimate of drug-likeness (QED) is 0.922. The molecule has 5 heteroatoms. The molecule has 0 aromatic heterocycles. The molecule has 1 aliphatic carbocycles. The lowest BCUT2D eigenvalue weighted by molar-refractivity contribution is -0.137. The van der Waals surface area contributed by atoms with Crippen LogP contribution in [-0.2, 0) is 17.4 Å². The molecule has 0 bridgehead atoms. The molecular formula is C15H18F3NO. The van der Waals surface area contributed by atoms with Crippen molar-refractivity contribution in [1.29, 1.82) is 0 Å². The first-order valence-electron chi connectivity index (χ1n) is 6.77. The topological polar surface area (TPSA) is 43.1 Å². The van der Waals surface area contributed by atoms with E-state index >= 15 is 0 Å². The second-order valence-electron chi connectivity index (χ2n) is 5.49. The van der Waals surface area contributed by atoms with E-state index in [2.05, 4.69) is 0 Å². The van der Waals surface area contributed by atoms with Crippen LogP contribution in [0, 0.1) is 5.41 Å². The van der Waals surface area contributed by atoms with Crippen molar-refractivity contribution in [2.45, 2.75) is 38.3 Å². The van der Waals surface area contributed by atoms with Gasteiger partial charge in [0, 0.05) is 18.4 Å². The van der Waals surface area contributed by atoms with Crippen LogP contribution < -0.4 is 5.73 Å². The summed E-state index contributed by atoms with van der Waals surface area (Å²) in [6.07, 6.45) is -0.918. The molecule has 1 aliphatic rings. The number of benzene rings is 1. The first kappa shape index (κ1) is 15.0. The Labute approximate surface area is 116 Å². The third kappa shape index (κ3) is 3.03. The Balaban J connectivity index is 2.16. The summed E-state index contributed by atoms with van der Waals surface area (Å²) in [4.78, 5) is 12.4. The van der Waals surface area contributed by atoms with Crippen molar-refractivity contribution in [3.63, 3.8) is 0 Å². The fourth-order valence-corrected chi connectivity index (χ4v) is 2.88. The number of hydrogen-bond donors (Lipinski definition) is 1. The average molecular weight is 285 g/mol. The molecule has 0 saturated heterocycles. The molecule has 2 N–H and O–H groups in total. The highest BCUT2D eigenvalue weighted by Crippen LogP contribution is 2.39. The first-order valence-corrected chi connectivity index (χ1v) is 6.77. The minimum Gasteiger partial charge on any atom is -0.329 e. The number of carbonyl (C=O) groups excluding carboxylic acids is 1. The van der Waals surface area contributed by atoms with Gasteiger partial charge in [0.2, 0.25) is 0 Å².